The SMILES string of the molecule is CC(C(=O)Nc1ccccc1CN)N1CCCOCC1. The monoisotopic (exact) mass is 277 g/mol. The lowest BCUT2D eigenvalue weighted by atomic mass is 10.1. The third-order valence-electron chi connectivity index (χ3n) is 3.68. The molecule has 0 radical (unpaired) electrons. The highest BCUT2D eigenvalue weighted by atomic mass is 16.5. The number of benzene rings is 1. The van der Waals surface area contributed by atoms with Gasteiger partial charge in [-0.2, -0.15) is 0 Å². The first-order valence-corrected chi connectivity index (χ1v) is 7.13. The Balaban J connectivity index is 1.99. The van der Waals surface area contributed by atoms with Crippen LogP contribution in [0.1, 0.15) is 18.9 Å². The standard InChI is InChI=1S/C15H23N3O2/c1-12(18-7-4-9-20-10-8-18)15(19)17-14-6-3-2-5-13(14)11-16/h2-3,5-6,12H,4,7-11,16H2,1H3,(H,17,19). The number of hydrogen-bond donors (Lipinski definition) is 2. The van der Waals surface area contributed by atoms with Gasteiger partial charge in [0.1, 0.15) is 0 Å². The minimum Gasteiger partial charge on any atom is -0.380 e. The van der Waals surface area contributed by atoms with Crippen molar-refractivity contribution in [2.24, 2.45) is 5.73 Å². The Kier molecular flexibility index (Phi) is 5.52. The predicted molar refractivity (Wildman–Crippen MR) is 79.4 cm³/mol. The number of anilines is 1. The predicted octanol–water partition coefficient (Wildman–Crippen LogP) is 1.19. The average molecular weight is 277 g/mol. The van der Waals surface area contributed by atoms with Gasteiger partial charge in [0, 0.05) is 31.9 Å². The maximum absolute atomic E-state index is 12.4. The molecule has 5 nitrogen and oxygen atoms in total. The highest BCUT2D eigenvalue weighted by Gasteiger charge is 2.22. The number of hydrogen-bond acceptors (Lipinski definition) is 4. The Labute approximate surface area is 120 Å². The second-order valence-corrected chi connectivity index (χ2v) is 5.03. The highest BCUT2D eigenvalue weighted by molar-refractivity contribution is 5.95. The zero-order valence-corrected chi connectivity index (χ0v) is 12.0. The number of rotatable bonds is 4. The largest absolute Gasteiger partial charge is 0.380 e. The molecule has 1 heterocycles. The summed E-state index contributed by atoms with van der Waals surface area (Å²) < 4.78 is 5.42. The highest BCUT2D eigenvalue weighted by Crippen LogP contribution is 2.15. The number of ether oxygens (including phenoxy) is 1. The topological polar surface area (TPSA) is 67.6 Å². The maximum Gasteiger partial charge on any atom is 0.241 e. The third kappa shape index (κ3) is 3.79. The summed E-state index contributed by atoms with van der Waals surface area (Å²) in [6.45, 7) is 5.52. The van der Waals surface area contributed by atoms with Crippen LogP contribution in [0.5, 0.6) is 0 Å². The van der Waals surface area contributed by atoms with E-state index in [1.165, 1.54) is 0 Å². The molecule has 0 spiro atoms. The second-order valence-electron chi connectivity index (χ2n) is 5.03. The molecule has 1 unspecified atom stereocenters. The Morgan fingerprint density at radius 1 is 1.40 bits per heavy atom. The van der Waals surface area contributed by atoms with Gasteiger partial charge in [0.05, 0.1) is 12.6 Å². The first-order chi connectivity index (χ1) is 9.72. The summed E-state index contributed by atoms with van der Waals surface area (Å²) in [5.41, 5.74) is 7.44. The van der Waals surface area contributed by atoms with E-state index in [9.17, 15) is 4.79 Å². The van der Waals surface area contributed by atoms with Crippen molar-refractivity contribution < 1.29 is 9.53 Å². The quantitative estimate of drug-likeness (QED) is 0.867. The van der Waals surface area contributed by atoms with E-state index >= 15 is 0 Å². The van der Waals surface area contributed by atoms with Crippen LogP contribution < -0.4 is 11.1 Å². The second kappa shape index (κ2) is 7.38. The first kappa shape index (κ1) is 15.0. The summed E-state index contributed by atoms with van der Waals surface area (Å²) in [6.07, 6.45) is 0.969. The molecule has 3 N–H and O–H groups in total. The Hall–Kier alpha value is -1.43. The molecule has 1 aromatic carbocycles. The van der Waals surface area contributed by atoms with E-state index in [0.717, 1.165) is 37.4 Å². The third-order valence-corrected chi connectivity index (χ3v) is 3.68. The summed E-state index contributed by atoms with van der Waals surface area (Å²) in [4.78, 5) is 14.5. The van der Waals surface area contributed by atoms with Crippen molar-refractivity contribution in [1.82, 2.24) is 4.90 Å². The lowest BCUT2D eigenvalue weighted by Gasteiger charge is -2.26. The molecule has 1 saturated heterocycles. The normalized spacial score (nSPS) is 18.3. The van der Waals surface area contributed by atoms with E-state index in [4.69, 9.17) is 10.5 Å². The van der Waals surface area contributed by atoms with E-state index in [2.05, 4.69) is 10.2 Å². The van der Waals surface area contributed by atoms with Gasteiger partial charge >= 0.3 is 0 Å². The van der Waals surface area contributed by atoms with Crippen LogP contribution >= 0.6 is 0 Å². The van der Waals surface area contributed by atoms with Gasteiger partial charge in [-0.15, -0.1) is 0 Å². The fraction of sp³-hybridized carbons (Fsp3) is 0.533. The first-order valence-electron chi connectivity index (χ1n) is 7.13. The Morgan fingerprint density at radius 3 is 3.00 bits per heavy atom. The molecule has 0 aromatic heterocycles. The summed E-state index contributed by atoms with van der Waals surface area (Å²) >= 11 is 0. The summed E-state index contributed by atoms with van der Waals surface area (Å²) in [5.74, 6) is 0.00722. The van der Waals surface area contributed by atoms with Crippen LogP contribution in [-0.2, 0) is 16.1 Å². The van der Waals surface area contributed by atoms with Crippen LogP contribution in [0.25, 0.3) is 0 Å². The van der Waals surface area contributed by atoms with E-state index in [1.54, 1.807) is 0 Å². The lowest BCUT2D eigenvalue weighted by molar-refractivity contribution is -0.120. The minimum absolute atomic E-state index is 0.00722. The smallest absolute Gasteiger partial charge is 0.241 e. The van der Waals surface area contributed by atoms with Crippen molar-refractivity contribution in [2.75, 3.05) is 31.6 Å². The van der Waals surface area contributed by atoms with Crippen molar-refractivity contribution in [1.29, 1.82) is 0 Å². The molecule has 1 amide bonds. The number of nitrogens with zero attached hydrogens (tertiary/aromatic N) is 1. The van der Waals surface area contributed by atoms with Crippen molar-refractivity contribution in [3.05, 3.63) is 29.8 Å². The number of para-hydroxylation sites is 1. The number of nitrogens with one attached hydrogen (secondary N) is 1. The van der Waals surface area contributed by atoms with E-state index in [1.807, 2.05) is 31.2 Å². The van der Waals surface area contributed by atoms with Crippen molar-refractivity contribution in [3.8, 4) is 0 Å². The van der Waals surface area contributed by atoms with Gasteiger partial charge in [0.2, 0.25) is 5.91 Å². The van der Waals surface area contributed by atoms with Gasteiger partial charge in [0.25, 0.3) is 0 Å². The molecule has 20 heavy (non-hydrogen) atoms. The lowest BCUT2D eigenvalue weighted by Crippen LogP contribution is -2.43. The fourth-order valence-electron chi connectivity index (χ4n) is 2.38. The van der Waals surface area contributed by atoms with Gasteiger partial charge < -0.3 is 15.8 Å². The minimum atomic E-state index is -0.164. The molecule has 1 fully saturated rings. The summed E-state index contributed by atoms with van der Waals surface area (Å²) in [7, 11) is 0. The molecule has 1 aliphatic rings. The molecular formula is C15H23N3O2. The number of amides is 1. The fourth-order valence-corrected chi connectivity index (χ4v) is 2.38. The molecule has 1 aromatic rings. The van der Waals surface area contributed by atoms with Gasteiger partial charge in [-0.3, -0.25) is 9.69 Å². The van der Waals surface area contributed by atoms with Crippen LogP contribution in [0.2, 0.25) is 0 Å². The van der Waals surface area contributed by atoms with Gasteiger partial charge in [-0.05, 0) is 25.0 Å². The van der Waals surface area contributed by atoms with Crippen molar-refractivity contribution >= 4 is 11.6 Å². The zero-order valence-electron chi connectivity index (χ0n) is 12.0. The van der Waals surface area contributed by atoms with Crippen LogP contribution in [-0.4, -0.2) is 43.2 Å². The van der Waals surface area contributed by atoms with Crippen molar-refractivity contribution in [2.45, 2.75) is 25.9 Å². The number of carbonyl (C=O) groups excluding carboxylic acids is 1. The number of carbonyl (C=O) groups is 1. The van der Waals surface area contributed by atoms with E-state index < -0.39 is 0 Å². The molecule has 2 rings (SSSR count). The molecular weight excluding hydrogens is 254 g/mol. The summed E-state index contributed by atoms with van der Waals surface area (Å²) in [6, 6.07) is 7.48. The summed E-state index contributed by atoms with van der Waals surface area (Å²) in [5, 5.41) is 2.98. The molecule has 0 aliphatic carbocycles. The molecule has 5 heteroatoms. The van der Waals surface area contributed by atoms with Crippen LogP contribution in [0.3, 0.4) is 0 Å². The molecule has 1 atom stereocenters. The number of nitrogens with two attached hydrogens (primary N) is 1. The average Bonchev–Trinajstić information content (AvgIpc) is 2.76. The zero-order chi connectivity index (χ0) is 14.4. The van der Waals surface area contributed by atoms with Crippen LogP contribution in [0.15, 0.2) is 24.3 Å². The van der Waals surface area contributed by atoms with Crippen LogP contribution in [0, 0.1) is 0 Å². The maximum atomic E-state index is 12.4. The van der Waals surface area contributed by atoms with E-state index in [0.29, 0.717) is 13.2 Å². The van der Waals surface area contributed by atoms with Gasteiger partial charge in [-0.25, -0.2) is 0 Å². The molecule has 110 valence electrons. The molecule has 1 aliphatic heterocycles. The Bertz CT molecular complexity index is 442. The Morgan fingerprint density at radius 2 is 2.20 bits per heavy atom. The molecule has 0 saturated carbocycles. The van der Waals surface area contributed by atoms with E-state index in [-0.39, 0.29) is 11.9 Å². The van der Waals surface area contributed by atoms with Crippen LogP contribution in [0.4, 0.5) is 5.69 Å². The molecule has 0 bridgehead atoms. The van der Waals surface area contributed by atoms with Crippen molar-refractivity contribution in [3.63, 3.8) is 0 Å². The van der Waals surface area contributed by atoms with Gasteiger partial charge in [0.15, 0.2) is 0 Å². The van der Waals surface area contributed by atoms with Gasteiger partial charge in [-0.1, -0.05) is 18.2 Å².